The van der Waals surface area contributed by atoms with E-state index in [-0.39, 0.29) is 11.8 Å². The van der Waals surface area contributed by atoms with Crippen molar-refractivity contribution in [1.29, 1.82) is 0 Å². The van der Waals surface area contributed by atoms with E-state index in [0.717, 1.165) is 60.1 Å². The molecule has 8 rings (SSSR count). The summed E-state index contributed by atoms with van der Waals surface area (Å²) in [5.41, 5.74) is 5.03. The fourth-order valence-electron chi connectivity index (χ4n) is 6.63. The van der Waals surface area contributed by atoms with Gasteiger partial charge in [-0.05, 0) is 113 Å². The first-order chi connectivity index (χ1) is 29.7. The van der Waals surface area contributed by atoms with Crippen LogP contribution in [0.25, 0.3) is 0 Å². The van der Waals surface area contributed by atoms with Crippen LogP contribution >= 0.6 is 46.2 Å². The van der Waals surface area contributed by atoms with E-state index >= 15 is 0 Å². The number of ether oxygens (including phenoxy) is 2. The van der Waals surface area contributed by atoms with Crippen molar-refractivity contribution < 1.29 is 28.7 Å². The van der Waals surface area contributed by atoms with Crippen LogP contribution in [0.15, 0.2) is 140 Å². The lowest BCUT2D eigenvalue weighted by Crippen LogP contribution is -2.22. The molecule has 2 aromatic heterocycles. The summed E-state index contributed by atoms with van der Waals surface area (Å²) in [6.45, 7) is 5.46. The largest absolute Gasteiger partial charge is 0.489 e. The molecule has 4 aromatic carbocycles. The number of hydrogen-bond acceptors (Lipinski definition) is 10. The standard InChI is InChI=1S/C24H24N2O3S2.C23H22N2O3S2/c1-2-3-5-16-6-4-7-17(14-16)15-29-18-8-10-19(11-9-18)31-20-12-13-30-22(20)21-23(27)26-24(28)25-21;1-2-4-15-5-3-6-16(13-15)14-28-17-7-9-18(10-8-17)30-19-11-12-29-21(19)20-22(26)25-23(27)24-20/h4,6-14,21H,2-3,5,15H2,1H3,(H2,25,26,27,28);3,5-13,20H,2,4,14H2,1H3,(H2,24,25,26,27). The molecule has 10 nitrogen and oxygen atoms in total. The third kappa shape index (κ3) is 12.1. The van der Waals surface area contributed by atoms with Gasteiger partial charge in [-0.1, -0.05) is 98.7 Å². The van der Waals surface area contributed by atoms with Crippen LogP contribution in [0.4, 0.5) is 9.59 Å². The average Bonchev–Trinajstić information content (AvgIpc) is 4.07. The molecule has 14 heteroatoms. The lowest BCUT2D eigenvalue weighted by Gasteiger charge is -2.10. The second kappa shape index (κ2) is 21.3. The first-order valence-corrected chi connectivity index (χ1v) is 23.5. The van der Waals surface area contributed by atoms with Crippen LogP contribution < -0.4 is 30.7 Å². The molecule has 2 unspecified atom stereocenters. The van der Waals surface area contributed by atoms with Crippen molar-refractivity contribution in [2.45, 2.75) is 90.8 Å². The Labute approximate surface area is 372 Å². The summed E-state index contributed by atoms with van der Waals surface area (Å²) >= 11 is 6.06. The minimum absolute atomic E-state index is 0.309. The van der Waals surface area contributed by atoms with Crippen LogP contribution in [-0.4, -0.2) is 23.9 Å². The molecule has 314 valence electrons. The summed E-state index contributed by atoms with van der Waals surface area (Å²) in [7, 11) is 0. The molecular formula is C47H46N4O6S4. The van der Waals surface area contributed by atoms with Crippen molar-refractivity contribution in [3.63, 3.8) is 0 Å². The number of thiophene rings is 2. The Bertz CT molecular complexity index is 2450. The van der Waals surface area contributed by atoms with Crippen molar-refractivity contribution in [1.82, 2.24) is 21.3 Å². The van der Waals surface area contributed by atoms with Crippen LogP contribution in [0.3, 0.4) is 0 Å². The molecule has 2 aliphatic rings. The van der Waals surface area contributed by atoms with E-state index in [2.05, 4.69) is 83.6 Å². The van der Waals surface area contributed by atoms with E-state index in [1.54, 1.807) is 23.5 Å². The average molecular weight is 891 g/mol. The van der Waals surface area contributed by atoms with Crippen molar-refractivity contribution in [2.75, 3.05) is 0 Å². The summed E-state index contributed by atoms with van der Waals surface area (Å²) in [6, 6.07) is 34.7. The molecular weight excluding hydrogens is 845 g/mol. The van der Waals surface area contributed by atoms with Crippen molar-refractivity contribution in [3.8, 4) is 11.5 Å². The number of carbonyl (C=O) groups excluding carboxylic acids is 4. The van der Waals surface area contributed by atoms with Gasteiger partial charge in [-0.15, -0.1) is 22.7 Å². The predicted octanol–water partition coefficient (Wildman–Crippen LogP) is 11.0. The summed E-state index contributed by atoms with van der Waals surface area (Å²) in [4.78, 5) is 52.5. The number of imide groups is 2. The highest BCUT2D eigenvalue weighted by Gasteiger charge is 2.34. The molecule has 4 N–H and O–H groups in total. The van der Waals surface area contributed by atoms with Gasteiger partial charge in [0, 0.05) is 19.6 Å². The Hall–Kier alpha value is -5.54. The molecule has 2 atom stereocenters. The van der Waals surface area contributed by atoms with Gasteiger partial charge < -0.3 is 20.1 Å². The summed E-state index contributed by atoms with van der Waals surface area (Å²) in [6.07, 6.45) is 5.71. The van der Waals surface area contributed by atoms with Gasteiger partial charge in [-0.25, -0.2) is 9.59 Å². The molecule has 61 heavy (non-hydrogen) atoms. The highest BCUT2D eigenvalue weighted by molar-refractivity contribution is 7.99. The van der Waals surface area contributed by atoms with Gasteiger partial charge in [-0.2, -0.15) is 0 Å². The minimum atomic E-state index is -0.620. The Morgan fingerprint density at radius 2 is 0.984 bits per heavy atom. The number of nitrogens with one attached hydrogen (secondary N) is 4. The molecule has 0 saturated carbocycles. The van der Waals surface area contributed by atoms with Crippen LogP contribution in [0, 0.1) is 0 Å². The molecule has 0 aliphatic carbocycles. The number of benzene rings is 4. The van der Waals surface area contributed by atoms with Gasteiger partial charge in [0.15, 0.2) is 0 Å². The molecule has 0 spiro atoms. The predicted molar refractivity (Wildman–Crippen MR) is 243 cm³/mol. The van der Waals surface area contributed by atoms with Gasteiger partial charge in [0.25, 0.3) is 11.8 Å². The zero-order chi connectivity index (χ0) is 42.6. The molecule has 0 bridgehead atoms. The minimum Gasteiger partial charge on any atom is -0.489 e. The first-order valence-electron chi connectivity index (χ1n) is 20.1. The van der Waals surface area contributed by atoms with Crippen LogP contribution in [0.5, 0.6) is 11.5 Å². The maximum Gasteiger partial charge on any atom is 0.322 e. The Morgan fingerprint density at radius 1 is 0.541 bits per heavy atom. The first kappa shape index (κ1) is 43.5. The molecule has 2 fully saturated rings. The third-order valence-corrected chi connectivity index (χ3v) is 14.0. The van der Waals surface area contributed by atoms with Crippen LogP contribution in [0.2, 0.25) is 0 Å². The topological polar surface area (TPSA) is 135 Å². The van der Waals surface area contributed by atoms with E-state index in [1.165, 1.54) is 57.8 Å². The third-order valence-electron chi connectivity index (χ3n) is 9.64. The van der Waals surface area contributed by atoms with E-state index in [4.69, 9.17) is 9.47 Å². The zero-order valence-electron chi connectivity index (χ0n) is 33.7. The highest BCUT2D eigenvalue weighted by Crippen LogP contribution is 2.39. The maximum absolute atomic E-state index is 12.0. The summed E-state index contributed by atoms with van der Waals surface area (Å²) in [5, 5.41) is 13.8. The number of aryl methyl sites for hydroxylation is 2. The quantitative estimate of drug-likeness (QED) is 0.0665. The van der Waals surface area contributed by atoms with E-state index in [1.807, 2.05) is 71.4 Å². The molecule has 4 heterocycles. The Morgan fingerprint density at radius 3 is 1.39 bits per heavy atom. The Balaban J connectivity index is 0.000000184. The molecule has 6 amide bonds. The number of amides is 6. The summed E-state index contributed by atoms with van der Waals surface area (Å²) in [5.74, 6) is 1.01. The van der Waals surface area contributed by atoms with Gasteiger partial charge in [0.1, 0.15) is 36.8 Å². The van der Waals surface area contributed by atoms with Crippen molar-refractivity contribution in [3.05, 3.63) is 152 Å². The lowest BCUT2D eigenvalue weighted by molar-refractivity contribution is -0.121. The monoisotopic (exact) mass is 890 g/mol. The number of rotatable bonds is 17. The number of hydrogen-bond donors (Lipinski definition) is 4. The molecule has 2 saturated heterocycles. The normalized spacial score (nSPS) is 15.6. The highest BCUT2D eigenvalue weighted by atomic mass is 32.2. The second-order valence-electron chi connectivity index (χ2n) is 14.3. The number of urea groups is 2. The van der Waals surface area contributed by atoms with Crippen LogP contribution in [0.1, 0.15) is 77.2 Å². The van der Waals surface area contributed by atoms with Crippen molar-refractivity contribution >= 4 is 70.1 Å². The van der Waals surface area contributed by atoms with E-state index in [0.29, 0.717) is 13.2 Å². The zero-order valence-corrected chi connectivity index (χ0v) is 37.0. The van der Waals surface area contributed by atoms with Crippen LogP contribution in [-0.2, 0) is 35.6 Å². The van der Waals surface area contributed by atoms with Gasteiger partial charge in [0.05, 0.1) is 9.75 Å². The van der Waals surface area contributed by atoms with E-state index in [9.17, 15) is 19.2 Å². The number of unbranched alkanes of at least 4 members (excludes halogenated alkanes) is 1. The van der Waals surface area contributed by atoms with Gasteiger partial charge in [-0.3, -0.25) is 20.2 Å². The van der Waals surface area contributed by atoms with E-state index < -0.39 is 24.1 Å². The maximum atomic E-state index is 12.0. The Kier molecular flexibility index (Phi) is 15.2. The molecule has 2 aliphatic heterocycles. The summed E-state index contributed by atoms with van der Waals surface area (Å²) < 4.78 is 11.9. The SMILES string of the molecule is CCCCc1cccc(COc2ccc(Sc3ccsc3C3NC(=O)NC3=O)cc2)c1.CCCc1cccc(COc2ccc(Sc3ccsc3C3NC(=O)NC3=O)cc2)c1. The fraction of sp³-hybridized carbons (Fsp3) is 0.234. The lowest BCUT2D eigenvalue weighted by atomic mass is 10.1. The smallest absolute Gasteiger partial charge is 0.322 e. The second-order valence-corrected chi connectivity index (χ2v) is 18.4. The van der Waals surface area contributed by atoms with Gasteiger partial charge in [0.2, 0.25) is 0 Å². The van der Waals surface area contributed by atoms with Crippen molar-refractivity contribution in [2.24, 2.45) is 0 Å². The molecule has 0 radical (unpaired) electrons. The number of carbonyl (C=O) groups is 4. The van der Waals surface area contributed by atoms with Gasteiger partial charge >= 0.3 is 12.1 Å². The molecule has 6 aromatic rings. The fourth-order valence-corrected chi connectivity index (χ4v) is 10.8.